The Morgan fingerprint density at radius 1 is 1.09 bits per heavy atom. The van der Waals surface area contributed by atoms with Crippen LogP contribution >= 0.6 is 0 Å². The van der Waals surface area contributed by atoms with Gasteiger partial charge >= 0.3 is 0 Å². The molecule has 0 saturated carbocycles. The molecule has 2 aromatic rings. The summed E-state index contributed by atoms with van der Waals surface area (Å²) in [6, 6.07) is 13.8. The average Bonchev–Trinajstić information content (AvgIpc) is 3.26. The van der Waals surface area contributed by atoms with E-state index in [2.05, 4.69) is 14.9 Å². The van der Waals surface area contributed by atoms with Gasteiger partial charge in [-0.15, -0.1) is 0 Å². The number of likely N-dealkylation sites (tertiary alicyclic amines) is 1. The molecule has 0 aliphatic carbocycles. The molecule has 12 heteroatoms. The minimum Gasteiger partial charge on any atom is -0.398 e. The summed E-state index contributed by atoms with van der Waals surface area (Å²) in [5.74, 6) is -0.682. The molecule has 0 spiro atoms. The maximum absolute atomic E-state index is 13.5. The van der Waals surface area contributed by atoms with E-state index in [-0.39, 0.29) is 29.5 Å². The number of carbonyl (C=O) groups excluding carboxylic acids is 1. The Morgan fingerprint density at radius 2 is 1.71 bits per heavy atom. The topological polar surface area (TPSA) is 148 Å². The number of nitrogens with two attached hydrogens (primary N) is 1. The van der Waals surface area contributed by atoms with Crippen LogP contribution in [0, 0.1) is 0 Å². The van der Waals surface area contributed by atoms with Crippen LogP contribution in [0.5, 0.6) is 0 Å². The number of hydrogen-bond acceptors (Lipinski definition) is 8. The van der Waals surface area contributed by atoms with Gasteiger partial charge in [-0.1, -0.05) is 36.4 Å². The standard InChI is InChI=1S/C23H32N4O6S2/c1-23(33-35(3,31)32,19-12-11-18(15-20(19)24)26-34(2,29)30)22(28)25-16-21(27-13-7-8-14-27)17-9-5-4-6-10-17/h4-6,9-12,15,21,26H,7-8,13-14,16,24H2,1-3H3,(H,25,28). The molecule has 1 aliphatic heterocycles. The van der Waals surface area contributed by atoms with Crippen molar-refractivity contribution >= 4 is 37.4 Å². The van der Waals surface area contributed by atoms with Crippen LogP contribution in [0.15, 0.2) is 48.5 Å². The van der Waals surface area contributed by atoms with Gasteiger partial charge in [0.25, 0.3) is 16.0 Å². The summed E-state index contributed by atoms with van der Waals surface area (Å²) < 4.78 is 54.9. The van der Waals surface area contributed by atoms with Crippen molar-refractivity contribution < 1.29 is 25.8 Å². The number of nitrogen functional groups attached to an aromatic ring is 1. The van der Waals surface area contributed by atoms with Crippen molar-refractivity contribution in [2.75, 3.05) is 42.6 Å². The smallest absolute Gasteiger partial charge is 0.265 e. The highest BCUT2D eigenvalue weighted by Crippen LogP contribution is 2.34. The number of rotatable bonds is 10. The molecule has 1 saturated heterocycles. The molecule has 0 aromatic heterocycles. The van der Waals surface area contributed by atoms with Gasteiger partial charge in [-0.05, 0) is 50.6 Å². The first kappa shape index (κ1) is 26.9. The molecule has 2 atom stereocenters. The van der Waals surface area contributed by atoms with Crippen molar-refractivity contribution in [2.24, 2.45) is 0 Å². The molecule has 4 N–H and O–H groups in total. The molecule has 35 heavy (non-hydrogen) atoms. The largest absolute Gasteiger partial charge is 0.398 e. The quantitative estimate of drug-likeness (QED) is 0.315. The van der Waals surface area contributed by atoms with Gasteiger partial charge in [0, 0.05) is 17.8 Å². The normalized spacial score (nSPS) is 17.5. The van der Waals surface area contributed by atoms with Crippen molar-refractivity contribution in [3.63, 3.8) is 0 Å². The zero-order valence-corrected chi connectivity index (χ0v) is 21.7. The Morgan fingerprint density at radius 3 is 2.26 bits per heavy atom. The number of amides is 1. The molecule has 192 valence electrons. The van der Waals surface area contributed by atoms with E-state index in [1.165, 1.54) is 25.1 Å². The molecule has 0 radical (unpaired) electrons. The molecule has 1 amide bonds. The summed E-state index contributed by atoms with van der Waals surface area (Å²) in [7, 11) is -7.63. The third-order valence-electron chi connectivity index (χ3n) is 5.84. The first-order valence-electron chi connectivity index (χ1n) is 11.1. The maximum Gasteiger partial charge on any atom is 0.265 e. The second kappa shape index (κ2) is 10.5. The van der Waals surface area contributed by atoms with Crippen molar-refractivity contribution in [3.8, 4) is 0 Å². The van der Waals surface area contributed by atoms with Gasteiger partial charge in [0.1, 0.15) is 0 Å². The van der Waals surface area contributed by atoms with Gasteiger partial charge in [-0.25, -0.2) is 12.6 Å². The van der Waals surface area contributed by atoms with E-state index in [1.54, 1.807) is 0 Å². The molecule has 1 fully saturated rings. The van der Waals surface area contributed by atoms with Crippen molar-refractivity contribution in [2.45, 2.75) is 31.4 Å². The molecule has 0 bridgehead atoms. The highest BCUT2D eigenvalue weighted by molar-refractivity contribution is 7.92. The van der Waals surface area contributed by atoms with Gasteiger partial charge in [0.05, 0.1) is 24.2 Å². The maximum atomic E-state index is 13.5. The summed E-state index contributed by atoms with van der Waals surface area (Å²) >= 11 is 0. The molecule has 2 unspecified atom stereocenters. The summed E-state index contributed by atoms with van der Waals surface area (Å²) in [4.78, 5) is 15.8. The van der Waals surface area contributed by atoms with Crippen molar-refractivity contribution in [1.82, 2.24) is 10.2 Å². The van der Waals surface area contributed by atoms with Crippen LogP contribution in [0.1, 0.15) is 36.9 Å². The third kappa shape index (κ3) is 7.17. The summed E-state index contributed by atoms with van der Waals surface area (Å²) in [5, 5.41) is 2.86. The fraction of sp³-hybridized carbons (Fsp3) is 0.435. The number of anilines is 2. The van der Waals surface area contributed by atoms with E-state index in [9.17, 15) is 21.6 Å². The molecule has 10 nitrogen and oxygen atoms in total. The van der Waals surface area contributed by atoms with E-state index < -0.39 is 31.6 Å². The van der Waals surface area contributed by atoms with E-state index in [1.807, 2.05) is 30.3 Å². The van der Waals surface area contributed by atoms with Crippen LogP contribution < -0.4 is 15.8 Å². The lowest BCUT2D eigenvalue weighted by Crippen LogP contribution is -2.48. The Balaban J connectivity index is 1.91. The van der Waals surface area contributed by atoms with Crippen molar-refractivity contribution in [1.29, 1.82) is 0 Å². The number of nitrogens with zero attached hydrogens (tertiary/aromatic N) is 1. The zero-order chi connectivity index (χ0) is 25.9. The molecular weight excluding hydrogens is 492 g/mol. The molecule has 2 aromatic carbocycles. The number of carbonyl (C=O) groups is 1. The van der Waals surface area contributed by atoms with Crippen LogP contribution in [0.3, 0.4) is 0 Å². The number of benzene rings is 2. The van der Waals surface area contributed by atoms with Crippen LogP contribution in [-0.2, 0) is 34.7 Å². The lowest BCUT2D eigenvalue weighted by atomic mass is 9.93. The number of hydrogen-bond donors (Lipinski definition) is 3. The highest BCUT2D eigenvalue weighted by atomic mass is 32.2. The van der Waals surface area contributed by atoms with E-state index in [4.69, 9.17) is 9.92 Å². The number of nitrogens with one attached hydrogen (secondary N) is 2. The fourth-order valence-corrected chi connectivity index (χ4v) is 5.65. The van der Waals surface area contributed by atoms with Gasteiger partial charge in [-0.2, -0.15) is 8.42 Å². The van der Waals surface area contributed by atoms with E-state index in [0.717, 1.165) is 44.0 Å². The zero-order valence-electron chi connectivity index (χ0n) is 20.0. The Hall–Kier alpha value is -2.67. The van der Waals surface area contributed by atoms with E-state index in [0.29, 0.717) is 0 Å². The second-order valence-electron chi connectivity index (χ2n) is 8.88. The van der Waals surface area contributed by atoms with Crippen LogP contribution in [0.4, 0.5) is 11.4 Å². The first-order chi connectivity index (χ1) is 16.3. The predicted molar refractivity (Wildman–Crippen MR) is 136 cm³/mol. The first-order valence-corrected chi connectivity index (χ1v) is 14.8. The monoisotopic (exact) mass is 524 g/mol. The van der Waals surface area contributed by atoms with Gasteiger partial charge in [0.15, 0.2) is 5.60 Å². The van der Waals surface area contributed by atoms with Crippen LogP contribution in [0.2, 0.25) is 0 Å². The molecule has 1 heterocycles. The Bertz CT molecular complexity index is 1260. The lowest BCUT2D eigenvalue weighted by molar-refractivity contribution is -0.136. The molecular formula is C23H32N4O6S2. The predicted octanol–water partition coefficient (Wildman–Crippen LogP) is 1.78. The summed E-state index contributed by atoms with van der Waals surface area (Å²) in [6.07, 6.45) is 3.98. The summed E-state index contributed by atoms with van der Waals surface area (Å²) in [6.45, 7) is 3.36. The minimum atomic E-state index is -4.08. The SMILES string of the molecule is CC(OS(C)(=O)=O)(C(=O)NCC(c1ccccc1)N1CCCC1)c1ccc(NS(C)(=O)=O)cc1N. The third-order valence-corrected chi connectivity index (χ3v) is 7.08. The average molecular weight is 525 g/mol. The van der Waals surface area contributed by atoms with Gasteiger partial charge < -0.3 is 11.1 Å². The van der Waals surface area contributed by atoms with Gasteiger partial charge in [-0.3, -0.25) is 14.4 Å². The number of sulfonamides is 1. The van der Waals surface area contributed by atoms with Gasteiger partial charge in [0.2, 0.25) is 10.0 Å². The second-order valence-corrected chi connectivity index (χ2v) is 12.2. The van der Waals surface area contributed by atoms with Crippen LogP contribution in [-0.4, -0.2) is 59.8 Å². The van der Waals surface area contributed by atoms with Crippen molar-refractivity contribution in [3.05, 3.63) is 59.7 Å². The lowest BCUT2D eigenvalue weighted by Gasteiger charge is -2.32. The van der Waals surface area contributed by atoms with E-state index >= 15 is 0 Å². The highest BCUT2D eigenvalue weighted by Gasteiger charge is 2.42. The van der Waals surface area contributed by atoms with Crippen LogP contribution in [0.25, 0.3) is 0 Å². The molecule has 3 rings (SSSR count). The minimum absolute atomic E-state index is 0.000831. The molecule has 1 aliphatic rings. The fourth-order valence-electron chi connectivity index (χ4n) is 4.33. The summed E-state index contributed by atoms with van der Waals surface area (Å²) in [5.41, 5.74) is 5.46. The Kier molecular flexibility index (Phi) is 8.10. The Labute approximate surface area is 207 Å².